The van der Waals surface area contributed by atoms with Crippen LogP contribution in [0.2, 0.25) is 5.02 Å². The number of nitrogens with one attached hydrogen (secondary N) is 1. The fraction of sp³-hybridized carbons (Fsp3) is 0.250. The molecular formula is C24H25BrClN3OS. The van der Waals surface area contributed by atoms with Crippen LogP contribution in [0, 0.1) is 27.7 Å². The molecule has 31 heavy (non-hydrogen) atoms. The lowest BCUT2D eigenvalue weighted by Crippen LogP contribution is -2.26. The topological polar surface area (TPSA) is 46.4 Å². The highest BCUT2D eigenvalue weighted by Crippen LogP contribution is 2.31. The van der Waals surface area contributed by atoms with E-state index in [4.69, 9.17) is 11.6 Å². The van der Waals surface area contributed by atoms with E-state index < -0.39 is 0 Å². The first-order chi connectivity index (χ1) is 14.7. The number of thioether (sulfide) groups is 1. The van der Waals surface area contributed by atoms with Gasteiger partial charge in [-0.15, -0.1) is 11.8 Å². The molecule has 0 aliphatic heterocycles. The van der Waals surface area contributed by atoms with Gasteiger partial charge in [0.15, 0.2) is 0 Å². The predicted molar refractivity (Wildman–Crippen MR) is 135 cm³/mol. The number of carbonyl (C=O) groups excluding carboxylic acids is 1. The van der Waals surface area contributed by atoms with Crippen molar-refractivity contribution in [2.45, 2.75) is 44.8 Å². The van der Waals surface area contributed by atoms with Crippen molar-refractivity contribution in [1.82, 2.24) is 9.99 Å². The molecule has 2 aromatic carbocycles. The van der Waals surface area contributed by atoms with E-state index in [0.29, 0.717) is 5.02 Å². The number of aromatic nitrogens is 1. The average molecular weight is 519 g/mol. The van der Waals surface area contributed by atoms with Gasteiger partial charge in [-0.25, -0.2) is 5.43 Å². The SMILES string of the molecule is Cc1ccc(C)c(-n2c(C)c(Br)c(/C=N\NC(=O)[C@@H](C)Sc3ccc(Cl)cc3)c2C)c1. The highest BCUT2D eigenvalue weighted by molar-refractivity contribution is 9.10. The zero-order chi connectivity index (χ0) is 22.7. The van der Waals surface area contributed by atoms with Crippen molar-refractivity contribution in [3.8, 4) is 5.69 Å². The zero-order valence-corrected chi connectivity index (χ0v) is 21.3. The van der Waals surface area contributed by atoms with Crippen LogP contribution in [0.4, 0.5) is 0 Å². The van der Waals surface area contributed by atoms with E-state index in [1.807, 2.05) is 31.2 Å². The largest absolute Gasteiger partial charge is 0.316 e. The minimum Gasteiger partial charge on any atom is -0.316 e. The second kappa shape index (κ2) is 10.1. The van der Waals surface area contributed by atoms with Crippen molar-refractivity contribution in [2.75, 3.05) is 0 Å². The molecule has 0 radical (unpaired) electrons. The molecule has 0 unspecified atom stereocenters. The fourth-order valence-corrected chi connectivity index (χ4v) is 4.87. The Bertz CT molecular complexity index is 1140. The van der Waals surface area contributed by atoms with Gasteiger partial charge in [0.05, 0.1) is 11.5 Å². The Morgan fingerprint density at radius 1 is 1.13 bits per heavy atom. The van der Waals surface area contributed by atoms with E-state index in [0.717, 1.165) is 32.0 Å². The first-order valence-electron chi connectivity index (χ1n) is 9.89. The molecule has 3 aromatic rings. The van der Waals surface area contributed by atoms with Crippen LogP contribution >= 0.6 is 39.3 Å². The van der Waals surface area contributed by atoms with Gasteiger partial charge in [0.1, 0.15) is 0 Å². The van der Waals surface area contributed by atoms with Gasteiger partial charge in [0.2, 0.25) is 0 Å². The van der Waals surface area contributed by atoms with E-state index in [-0.39, 0.29) is 11.2 Å². The zero-order valence-electron chi connectivity index (χ0n) is 18.2. The van der Waals surface area contributed by atoms with E-state index in [9.17, 15) is 4.79 Å². The van der Waals surface area contributed by atoms with E-state index in [2.05, 4.69) is 76.9 Å². The third-order valence-electron chi connectivity index (χ3n) is 5.08. The van der Waals surface area contributed by atoms with Gasteiger partial charge in [-0.05, 0) is 92.0 Å². The number of hydrogen-bond acceptors (Lipinski definition) is 3. The van der Waals surface area contributed by atoms with Gasteiger partial charge in [-0.3, -0.25) is 4.79 Å². The molecule has 0 aliphatic carbocycles. The highest BCUT2D eigenvalue weighted by atomic mass is 79.9. The summed E-state index contributed by atoms with van der Waals surface area (Å²) in [7, 11) is 0. The summed E-state index contributed by atoms with van der Waals surface area (Å²) in [6.07, 6.45) is 1.70. The van der Waals surface area contributed by atoms with Gasteiger partial charge in [-0.2, -0.15) is 5.10 Å². The van der Waals surface area contributed by atoms with Gasteiger partial charge >= 0.3 is 0 Å². The molecule has 0 bridgehead atoms. The van der Waals surface area contributed by atoms with Gasteiger partial charge in [-0.1, -0.05) is 23.7 Å². The number of hydrogen-bond donors (Lipinski definition) is 1. The Balaban J connectivity index is 1.76. The predicted octanol–water partition coefficient (Wildman–Crippen LogP) is 6.76. The number of carbonyl (C=O) groups is 1. The van der Waals surface area contributed by atoms with Crippen LogP contribution in [0.3, 0.4) is 0 Å². The number of nitrogens with zero attached hydrogens (tertiary/aromatic N) is 2. The minimum atomic E-state index is -0.288. The number of hydrazone groups is 1. The Labute approximate surface area is 201 Å². The summed E-state index contributed by atoms with van der Waals surface area (Å²) >= 11 is 11.1. The summed E-state index contributed by atoms with van der Waals surface area (Å²) in [5.74, 6) is -0.157. The van der Waals surface area contributed by atoms with E-state index in [1.165, 1.54) is 22.9 Å². The molecule has 0 saturated carbocycles. The lowest BCUT2D eigenvalue weighted by molar-refractivity contribution is -0.120. The number of halogens is 2. The molecule has 162 valence electrons. The standard InChI is InChI=1S/C24H25BrClN3OS/c1-14-6-7-15(2)22(12-14)29-16(3)21(23(25)17(29)4)13-27-28-24(30)18(5)31-20-10-8-19(26)9-11-20/h6-13,18H,1-5H3,(H,28,30)/b27-13-/t18-/m1/s1. The number of rotatable bonds is 6. The molecule has 1 heterocycles. The summed E-state index contributed by atoms with van der Waals surface area (Å²) in [5, 5.41) is 4.61. The molecule has 0 fully saturated rings. The third kappa shape index (κ3) is 5.43. The van der Waals surface area contributed by atoms with Gasteiger partial charge in [0, 0.05) is 37.0 Å². The second-order valence-corrected chi connectivity index (χ2v) is 10.1. The van der Waals surface area contributed by atoms with Crippen LogP contribution in [-0.4, -0.2) is 21.9 Å². The highest BCUT2D eigenvalue weighted by Gasteiger charge is 2.18. The van der Waals surface area contributed by atoms with Crippen LogP contribution in [0.5, 0.6) is 0 Å². The second-order valence-electron chi connectivity index (χ2n) is 7.47. The molecule has 7 heteroatoms. The first kappa shape index (κ1) is 23.6. The smallest absolute Gasteiger partial charge is 0.253 e. The third-order valence-corrected chi connectivity index (χ3v) is 7.45. The molecule has 0 saturated heterocycles. The molecule has 1 atom stereocenters. The molecule has 3 rings (SSSR count). The monoisotopic (exact) mass is 517 g/mol. The van der Waals surface area contributed by atoms with Crippen molar-refractivity contribution in [2.24, 2.45) is 5.10 Å². The lowest BCUT2D eigenvalue weighted by Gasteiger charge is -2.13. The molecule has 0 aliphatic rings. The molecule has 1 amide bonds. The number of benzene rings is 2. The maximum absolute atomic E-state index is 12.5. The molecule has 1 N–H and O–H groups in total. The van der Waals surface area contributed by atoms with Crippen LogP contribution in [0.25, 0.3) is 5.69 Å². The van der Waals surface area contributed by atoms with Crippen molar-refractivity contribution < 1.29 is 4.79 Å². The molecule has 0 spiro atoms. The van der Waals surface area contributed by atoms with Crippen molar-refractivity contribution >= 4 is 51.4 Å². The summed E-state index contributed by atoms with van der Waals surface area (Å²) in [5.41, 5.74) is 9.30. The Hall–Kier alpha value is -2.02. The van der Waals surface area contributed by atoms with Gasteiger partial charge < -0.3 is 4.57 Å². The van der Waals surface area contributed by atoms with Crippen molar-refractivity contribution in [3.05, 3.63) is 80.0 Å². The van der Waals surface area contributed by atoms with Crippen molar-refractivity contribution in [1.29, 1.82) is 0 Å². The van der Waals surface area contributed by atoms with Crippen LogP contribution in [0.1, 0.15) is 35.0 Å². The average Bonchev–Trinajstić information content (AvgIpc) is 2.94. The minimum absolute atomic E-state index is 0.157. The Morgan fingerprint density at radius 2 is 1.81 bits per heavy atom. The maximum Gasteiger partial charge on any atom is 0.253 e. The number of amides is 1. The molecular weight excluding hydrogens is 494 g/mol. The van der Waals surface area contributed by atoms with E-state index in [1.54, 1.807) is 6.21 Å². The lowest BCUT2D eigenvalue weighted by atomic mass is 10.1. The van der Waals surface area contributed by atoms with Crippen LogP contribution < -0.4 is 5.43 Å². The first-order valence-corrected chi connectivity index (χ1v) is 11.9. The normalized spacial score (nSPS) is 12.4. The fourth-order valence-electron chi connectivity index (χ4n) is 3.32. The summed E-state index contributed by atoms with van der Waals surface area (Å²) in [6.45, 7) is 10.2. The van der Waals surface area contributed by atoms with E-state index >= 15 is 0 Å². The van der Waals surface area contributed by atoms with Crippen molar-refractivity contribution in [3.63, 3.8) is 0 Å². The Kier molecular flexibility index (Phi) is 7.68. The molecule has 4 nitrogen and oxygen atoms in total. The summed E-state index contributed by atoms with van der Waals surface area (Å²) in [4.78, 5) is 13.4. The van der Waals surface area contributed by atoms with Gasteiger partial charge in [0.25, 0.3) is 5.91 Å². The molecule has 1 aromatic heterocycles. The maximum atomic E-state index is 12.5. The van der Waals surface area contributed by atoms with Crippen LogP contribution in [-0.2, 0) is 4.79 Å². The summed E-state index contributed by atoms with van der Waals surface area (Å²) in [6, 6.07) is 13.9. The Morgan fingerprint density at radius 3 is 2.48 bits per heavy atom. The quantitative estimate of drug-likeness (QED) is 0.223. The van der Waals surface area contributed by atoms with Crippen LogP contribution in [0.15, 0.2) is 56.9 Å². The summed E-state index contributed by atoms with van der Waals surface area (Å²) < 4.78 is 3.18. The number of aryl methyl sites for hydroxylation is 2.